The Balaban J connectivity index is 1.32. The standard InChI is InChI=1S/C25H25ClN6O2/c1-25(2)15-30(23(33)18-7-8-21-17(13-18)9-10-29(21)3)11-12-31(25)24(34)22-27-16-32(28-22)20-6-4-5-19(26)14-20/h4-10,13-14,16H,11-12,15H2,1-3H3. The van der Waals surface area contributed by atoms with Crippen molar-refractivity contribution >= 4 is 34.3 Å². The van der Waals surface area contributed by atoms with E-state index in [1.165, 1.54) is 11.0 Å². The van der Waals surface area contributed by atoms with Gasteiger partial charge in [0.05, 0.1) is 11.2 Å². The first-order chi connectivity index (χ1) is 16.2. The van der Waals surface area contributed by atoms with Crippen LogP contribution in [-0.2, 0) is 7.05 Å². The van der Waals surface area contributed by atoms with E-state index in [9.17, 15) is 9.59 Å². The van der Waals surface area contributed by atoms with Crippen LogP contribution in [0.15, 0.2) is 61.1 Å². The van der Waals surface area contributed by atoms with E-state index in [1.54, 1.807) is 17.0 Å². The molecule has 0 N–H and O–H groups in total. The summed E-state index contributed by atoms with van der Waals surface area (Å²) in [6, 6.07) is 14.9. The zero-order chi connectivity index (χ0) is 24.0. The number of hydrogen-bond acceptors (Lipinski definition) is 4. The first kappa shape index (κ1) is 22.2. The molecule has 2 aromatic heterocycles. The van der Waals surface area contributed by atoms with Crippen molar-refractivity contribution < 1.29 is 9.59 Å². The number of nitrogens with zero attached hydrogens (tertiary/aromatic N) is 6. The van der Waals surface area contributed by atoms with E-state index in [0.29, 0.717) is 30.2 Å². The number of carbonyl (C=O) groups excluding carboxylic acids is 2. The zero-order valence-electron chi connectivity index (χ0n) is 19.3. The lowest BCUT2D eigenvalue weighted by Gasteiger charge is -2.46. The highest BCUT2D eigenvalue weighted by molar-refractivity contribution is 6.30. The normalized spacial score (nSPS) is 15.6. The molecule has 9 heteroatoms. The maximum Gasteiger partial charge on any atom is 0.294 e. The van der Waals surface area contributed by atoms with E-state index in [-0.39, 0.29) is 17.6 Å². The van der Waals surface area contributed by atoms with E-state index in [4.69, 9.17) is 11.6 Å². The molecule has 3 heterocycles. The molecular formula is C25H25ClN6O2. The Morgan fingerprint density at radius 2 is 1.85 bits per heavy atom. The SMILES string of the molecule is Cn1ccc2cc(C(=O)N3CCN(C(=O)c4ncn(-c5cccc(Cl)c5)n4)C(C)(C)C3)ccc21. The second-order valence-corrected chi connectivity index (χ2v) is 9.63. The molecule has 1 saturated heterocycles. The highest BCUT2D eigenvalue weighted by Gasteiger charge is 2.40. The van der Waals surface area contributed by atoms with Crippen LogP contribution in [0.25, 0.3) is 16.6 Å². The summed E-state index contributed by atoms with van der Waals surface area (Å²) in [5.41, 5.74) is 1.88. The van der Waals surface area contributed by atoms with E-state index in [1.807, 2.05) is 73.0 Å². The first-order valence-corrected chi connectivity index (χ1v) is 11.4. The molecule has 5 rings (SSSR count). The summed E-state index contributed by atoms with van der Waals surface area (Å²) in [4.78, 5) is 34.3. The van der Waals surface area contributed by atoms with Crippen molar-refractivity contribution in [3.05, 3.63) is 77.5 Å². The van der Waals surface area contributed by atoms with Gasteiger partial charge in [-0.2, -0.15) is 0 Å². The summed E-state index contributed by atoms with van der Waals surface area (Å²) >= 11 is 6.07. The molecule has 0 aliphatic carbocycles. The van der Waals surface area contributed by atoms with Gasteiger partial charge in [0.25, 0.3) is 11.8 Å². The lowest BCUT2D eigenvalue weighted by molar-refractivity contribution is 0.0161. The third-order valence-corrected chi connectivity index (χ3v) is 6.56. The van der Waals surface area contributed by atoms with Gasteiger partial charge in [0.15, 0.2) is 0 Å². The Morgan fingerprint density at radius 1 is 1.03 bits per heavy atom. The van der Waals surface area contributed by atoms with Crippen LogP contribution in [-0.4, -0.2) is 66.1 Å². The second kappa shape index (κ2) is 8.29. The molecule has 2 amide bonds. The molecule has 2 aromatic carbocycles. The number of benzene rings is 2. The van der Waals surface area contributed by atoms with Gasteiger partial charge in [0.2, 0.25) is 5.82 Å². The Hall–Kier alpha value is -3.65. The molecule has 0 unspecified atom stereocenters. The average molecular weight is 477 g/mol. The Morgan fingerprint density at radius 3 is 2.62 bits per heavy atom. The highest BCUT2D eigenvalue weighted by atomic mass is 35.5. The van der Waals surface area contributed by atoms with E-state index < -0.39 is 5.54 Å². The van der Waals surface area contributed by atoms with Crippen LogP contribution < -0.4 is 0 Å². The molecule has 174 valence electrons. The fraction of sp³-hybridized carbons (Fsp3) is 0.280. The number of hydrogen-bond donors (Lipinski definition) is 0. The van der Waals surface area contributed by atoms with Crippen LogP contribution in [0.2, 0.25) is 5.02 Å². The van der Waals surface area contributed by atoms with Crippen molar-refractivity contribution in [3.63, 3.8) is 0 Å². The topological polar surface area (TPSA) is 76.3 Å². The number of rotatable bonds is 3. The maximum absolute atomic E-state index is 13.3. The second-order valence-electron chi connectivity index (χ2n) is 9.19. The highest BCUT2D eigenvalue weighted by Crippen LogP contribution is 2.25. The van der Waals surface area contributed by atoms with E-state index in [0.717, 1.165) is 16.6 Å². The van der Waals surface area contributed by atoms with E-state index >= 15 is 0 Å². The summed E-state index contributed by atoms with van der Waals surface area (Å²) in [6.07, 6.45) is 3.49. The van der Waals surface area contributed by atoms with Crippen LogP contribution in [0, 0.1) is 0 Å². The summed E-state index contributed by atoms with van der Waals surface area (Å²) in [7, 11) is 1.98. The summed E-state index contributed by atoms with van der Waals surface area (Å²) in [5.74, 6) is -0.180. The molecule has 0 radical (unpaired) electrons. The predicted molar refractivity (Wildman–Crippen MR) is 130 cm³/mol. The molecule has 34 heavy (non-hydrogen) atoms. The minimum atomic E-state index is -0.580. The summed E-state index contributed by atoms with van der Waals surface area (Å²) < 4.78 is 3.56. The molecule has 0 saturated carbocycles. The minimum Gasteiger partial charge on any atom is -0.351 e. The maximum atomic E-state index is 13.3. The van der Waals surface area contributed by atoms with Gasteiger partial charge in [-0.3, -0.25) is 9.59 Å². The zero-order valence-corrected chi connectivity index (χ0v) is 20.0. The third-order valence-electron chi connectivity index (χ3n) is 6.32. The minimum absolute atomic E-state index is 0.0331. The Labute approximate surface area is 202 Å². The molecule has 1 fully saturated rings. The Kier molecular flexibility index (Phi) is 5.40. The van der Waals surface area contributed by atoms with Crippen molar-refractivity contribution in [2.24, 2.45) is 7.05 Å². The van der Waals surface area contributed by atoms with Crippen molar-refractivity contribution in [1.29, 1.82) is 0 Å². The number of carbonyl (C=O) groups is 2. The van der Waals surface area contributed by atoms with Gasteiger partial charge in [-0.1, -0.05) is 17.7 Å². The quantitative estimate of drug-likeness (QED) is 0.451. The van der Waals surface area contributed by atoms with Crippen LogP contribution in [0.1, 0.15) is 34.8 Å². The molecule has 1 aliphatic heterocycles. The fourth-order valence-corrected chi connectivity index (χ4v) is 4.71. The molecule has 0 spiro atoms. The monoisotopic (exact) mass is 476 g/mol. The van der Waals surface area contributed by atoms with Gasteiger partial charge in [0.1, 0.15) is 6.33 Å². The molecule has 1 aliphatic rings. The number of amides is 2. The van der Waals surface area contributed by atoms with Crippen LogP contribution in [0.3, 0.4) is 0 Å². The van der Waals surface area contributed by atoms with Gasteiger partial charge in [0, 0.05) is 54.4 Å². The first-order valence-electron chi connectivity index (χ1n) is 11.1. The van der Waals surface area contributed by atoms with Crippen LogP contribution in [0.4, 0.5) is 0 Å². The molecule has 0 bridgehead atoms. The van der Waals surface area contributed by atoms with Crippen molar-refractivity contribution in [2.45, 2.75) is 19.4 Å². The average Bonchev–Trinajstić information content (AvgIpc) is 3.45. The number of aromatic nitrogens is 4. The van der Waals surface area contributed by atoms with Crippen molar-refractivity contribution in [1.82, 2.24) is 29.1 Å². The molecule has 8 nitrogen and oxygen atoms in total. The van der Waals surface area contributed by atoms with Gasteiger partial charge in [-0.25, -0.2) is 9.67 Å². The number of piperazine rings is 1. The lowest BCUT2D eigenvalue weighted by Crippen LogP contribution is -2.62. The van der Waals surface area contributed by atoms with Gasteiger partial charge >= 0.3 is 0 Å². The molecular weight excluding hydrogens is 452 g/mol. The third kappa shape index (κ3) is 3.94. The summed E-state index contributed by atoms with van der Waals surface area (Å²) in [5, 5.41) is 5.98. The lowest BCUT2D eigenvalue weighted by atomic mass is 9.97. The fourth-order valence-electron chi connectivity index (χ4n) is 4.53. The Bertz CT molecular complexity index is 1410. The number of aryl methyl sites for hydroxylation is 1. The predicted octanol–water partition coefficient (Wildman–Crippen LogP) is 3.79. The molecule has 4 aromatic rings. The molecule has 0 atom stereocenters. The van der Waals surface area contributed by atoms with Gasteiger partial charge < -0.3 is 14.4 Å². The van der Waals surface area contributed by atoms with Crippen molar-refractivity contribution in [3.8, 4) is 5.69 Å². The van der Waals surface area contributed by atoms with Gasteiger partial charge in [-0.05, 0) is 56.3 Å². The number of fused-ring (bicyclic) bond motifs is 1. The van der Waals surface area contributed by atoms with Crippen molar-refractivity contribution in [2.75, 3.05) is 19.6 Å². The summed E-state index contributed by atoms with van der Waals surface area (Å²) in [6.45, 7) is 5.17. The van der Waals surface area contributed by atoms with Crippen LogP contribution in [0.5, 0.6) is 0 Å². The number of halogens is 1. The van der Waals surface area contributed by atoms with Crippen LogP contribution >= 0.6 is 11.6 Å². The van der Waals surface area contributed by atoms with Gasteiger partial charge in [-0.15, -0.1) is 5.10 Å². The smallest absolute Gasteiger partial charge is 0.294 e. The largest absolute Gasteiger partial charge is 0.351 e. The van der Waals surface area contributed by atoms with E-state index in [2.05, 4.69) is 10.1 Å².